The highest BCUT2D eigenvalue weighted by atomic mass is 127. The summed E-state index contributed by atoms with van der Waals surface area (Å²) in [4.78, 5) is 8.53. The van der Waals surface area contributed by atoms with Crippen LogP contribution < -0.4 is 15.4 Å². The lowest BCUT2D eigenvalue weighted by atomic mass is 10.3. The number of aliphatic imine (C=N–C) groups is 1. The molecular formula is C18H24BrIN4O. The second-order valence-corrected chi connectivity index (χ2v) is 6.16. The van der Waals surface area contributed by atoms with Crippen molar-refractivity contribution in [2.45, 2.75) is 19.4 Å². The van der Waals surface area contributed by atoms with Gasteiger partial charge in [-0.1, -0.05) is 18.2 Å². The van der Waals surface area contributed by atoms with E-state index in [0.717, 1.165) is 34.8 Å². The first-order valence-electron chi connectivity index (χ1n) is 7.94. The summed E-state index contributed by atoms with van der Waals surface area (Å²) in [6.45, 7) is 3.45. The minimum Gasteiger partial charge on any atom is -0.488 e. The van der Waals surface area contributed by atoms with Gasteiger partial charge in [-0.25, -0.2) is 0 Å². The monoisotopic (exact) mass is 518 g/mol. The molecule has 0 amide bonds. The Morgan fingerprint density at radius 3 is 2.64 bits per heavy atom. The molecule has 0 spiro atoms. The van der Waals surface area contributed by atoms with Gasteiger partial charge in [-0.3, -0.25) is 9.98 Å². The number of hydrogen-bond donors (Lipinski definition) is 2. The Balaban J connectivity index is 0.00000312. The third-order valence-corrected chi connectivity index (χ3v) is 4.00. The van der Waals surface area contributed by atoms with E-state index in [2.05, 4.69) is 36.5 Å². The van der Waals surface area contributed by atoms with Gasteiger partial charge in [-0.2, -0.15) is 0 Å². The van der Waals surface area contributed by atoms with Gasteiger partial charge in [0.15, 0.2) is 5.96 Å². The third kappa shape index (κ3) is 8.04. The molecule has 136 valence electrons. The fraction of sp³-hybridized carbons (Fsp3) is 0.333. The van der Waals surface area contributed by atoms with E-state index in [4.69, 9.17) is 4.74 Å². The minimum atomic E-state index is 0. The molecular weight excluding hydrogens is 495 g/mol. The second-order valence-electron chi connectivity index (χ2n) is 5.31. The molecule has 1 aromatic heterocycles. The van der Waals surface area contributed by atoms with Crippen LogP contribution in [0.25, 0.3) is 0 Å². The Morgan fingerprint density at radius 2 is 1.96 bits per heavy atom. The summed E-state index contributed by atoms with van der Waals surface area (Å²) in [7, 11) is 1.76. The summed E-state index contributed by atoms with van der Waals surface area (Å²) in [5, 5.41) is 6.56. The van der Waals surface area contributed by atoms with Crippen molar-refractivity contribution in [3.63, 3.8) is 0 Å². The van der Waals surface area contributed by atoms with Crippen LogP contribution in [0.3, 0.4) is 0 Å². The lowest BCUT2D eigenvalue weighted by Crippen LogP contribution is -2.42. The summed E-state index contributed by atoms with van der Waals surface area (Å²) in [5.41, 5.74) is 1.06. The molecule has 25 heavy (non-hydrogen) atoms. The van der Waals surface area contributed by atoms with E-state index in [1.165, 1.54) is 0 Å². The van der Waals surface area contributed by atoms with Gasteiger partial charge < -0.3 is 15.4 Å². The molecule has 1 heterocycles. The van der Waals surface area contributed by atoms with Crippen molar-refractivity contribution in [2.75, 3.05) is 20.1 Å². The van der Waals surface area contributed by atoms with Crippen molar-refractivity contribution in [2.24, 2.45) is 4.99 Å². The van der Waals surface area contributed by atoms with Gasteiger partial charge in [-0.05, 0) is 47.1 Å². The molecule has 2 rings (SSSR count). The average molecular weight is 519 g/mol. The van der Waals surface area contributed by atoms with Crippen LogP contribution in [-0.4, -0.2) is 37.2 Å². The van der Waals surface area contributed by atoms with Gasteiger partial charge >= 0.3 is 0 Å². The maximum absolute atomic E-state index is 5.91. The van der Waals surface area contributed by atoms with Gasteiger partial charge in [0.25, 0.3) is 0 Å². The number of para-hydroxylation sites is 1. The van der Waals surface area contributed by atoms with E-state index in [1.54, 1.807) is 7.05 Å². The van der Waals surface area contributed by atoms with Crippen LogP contribution >= 0.6 is 39.9 Å². The molecule has 0 saturated carbocycles. The van der Waals surface area contributed by atoms with Crippen molar-refractivity contribution in [3.05, 3.63) is 58.8 Å². The van der Waals surface area contributed by atoms with Crippen LogP contribution in [0.4, 0.5) is 0 Å². The molecule has 2 aromatic rings. The molecule has 1 unspecified atom stereocenters. The molecule has 0 radical (unpaired) electrons. The number of nitrogens with one attached hydrogen (secondary N) is 2. The molecule has 0 saturated heterocycles. The fourth-order valence-electron chi connectivity index (χ4n) is 2.11. The topological polar surface area (TPSA) is 58.5 Å². The smallest absolute Gasteiger partial charge is 0.191 e. The number of ether oxygens (including phenoxy) is 1. The highest BCUT2D eigenvalue weighted by Gasteiger charge is 2.07. The molecule has 1 atom stereocenters. The molecule has 0 fully saturated rings. The maximum Gasteiger partial charge on any atom is 0.191 e. The number of guanidine groups is 1. The quantitative estimate of drug-likeness (QED) is 0.334. The number of hydrogen-bond acceptors (Lipinski definition) is 3. The number of halogens is 2. The average Bonchev–Trinajstić information content (AvgIpc) is 2.61. The van der Waals surface area contributed by atoms with Crippen molar-refractivity contribution in [3.8, 4) is 5.75 Å². The van der Waals surface area contributed by atoms with Crippen molar-refractivity contribution < 1.29 is 4.74 Å². The third-order valence-electron chi connectivity index (χ3n) is 3.35. The van der Waals surface area contributed by atoms with Gasteiger partial charge in [0.2, 0.25) is 0 Å². The van der Waals surface area contributed by atoms with Crippen LogP contribution in [0.2, 0.25) is 0 Å². The summed E-state index contributed by atoms with van der Waals surface area (Å²) in [6.07, 6.45) is 2.67. The minimum absolute atomic E-state index is 0. The standard InChI is InChI=1S/C18H23BrN4O.HI/c1-14(24-17-9-4-3-8-16(17)19)13-23-18(20-2)22-12-10-15-7-5-6-11-21-15;/h3-9,11,14H,10,12-13H2,1-2H3,(H2,20,22,23);1H. The van der Waals surface area contributed by atoms with Gasteiger partial charge in [0.05, 0.1) is 11.0 Å². The van der Waals surface area contributed by atoms with Crippen LogP contribution in [-0.2, 0) is 6.42 Å². The number of pyridine rings is 1. The van der Waals surface area contributed by atoms with Crippen LogP contribution in [0, 0.1) is 0 Å². The maximum atomic E-state index is 5.91. The number of rotatable bonds is 7. The Morgan fingerprint density at radius 1 is 1.20 bits per heavy atom. The van der Waals surface area contributed by atoms with Crippen molar-refractivity contribution >= 4 is 45.9 Å². The Bertz CT molecular complexity index is 655. The highest BCUT2D eigenvalue weighted by Crippen LogP contribution is 2.24. The predicted molar refractivity (Wildman–Crippen MR) is 117 cm³/mol. The molecule has 1 aromatic carbocycles. The number of nitrogens with zero attached hydrogens (tertiary/aromatic N) is 2. The zero-order valence-corrected chi connectivity index (χ0v) is 18.3. The lowest BCUT2D eigenvalue weighted by Gasteiger charge is -2.18. The molecule has 7 heteroatoms. The largest absolute Gasteiger partial charge is 0.488 e. The first-order valence-corrected chi connectivity index (χ1v) is 8.74. The van der Waals surface area contributed by atoms with Crippen LogP contribution in [0.1, 0.15) is 12.6 Å². The predicted octanol–water partition coefficient (Wildman–Crippen LogP) is 3.64. The molecule has 0 aliphatic carbocycles. The summed E-state index contributed by atoms with van der Waals surface area (Å²) >= 11 is 3.49. The van der Waals surface area contributed by atoms with E-state index in [1.807, 2.05) is 55.6 Å². The van der Waals surface area contributed by atoms with E-state index in [0.29, 0.717) is 6.54 Å². The van der Waals surface area contributed by atoms with E-state index < -0.39 is 0 Å². The zero-order chi connectivity index (χ0) is 17.2. The normalized spacial score (nSPS) is 12.0. The molecule has 0 bridgehead atoms. The Labute approximate surface area is 174 Å². The zero-order valence-electron chi connectivity index (χ0n) is 14.4. The van der Waals surface area contributed by atoms with E-state index in [-0.39, 0.29) is 30.1 Å². The fourth-order valence-corrected chi connectivity index (χ4v) is 2.49. The summed E-state index contributed by atoms with van der Waals surface area (Å²) in [5.74, 6) is 1.60. The van der Waals surface area contributed by atoms with Gasteiger partial charge in [0, 0.05) is 31.9 Å². The molecule has 5 nitrogen and oxygen atoms in total. The first kappa shape index (κ1) is 21.7. The Hall–Kier alpha value is -1.35. The highest BCUT2D eigenvalue weighted by molar-refractivity contribution is 14.0. The molecule has 2 N–H and O–H groups in total. The van der Waals surface area contributed by atoms with Crippen molar-refractivity contribution in [1.29, 1.82) is 0 Å². The summed E-state index contributed by atoms with van der Waals surface area (Å²) < 4.78 is 6.87. The van der Waals surface area contributed by atoms with Gasteiger partial charge in [0.1, 0.15) is 11.9 Å². The molecule has 0 aliphatic rings. The van der Waals surface area contributed by atoms with E-state index >= 15 is 0 Å². The summed E-state index contributed by atoms with van der Waals surface area (Å²) in [6, 6.07) is 13.8. The SMILES string of the molecule is CN=C(NCCc1ccccn1)NCC(C)Oc1ccccc1Br.I. The van der Waals surface area contributed by atoms with Gasteiger partial charge in [-0.15, -0.1) is 24.0 Å². The number of aromatic nitrogens is 1. The lowest BCUT2D eigenvalue weighted by molar-refractivity contribution is 0.222. The van der Waals surface area contributed by atoms with E-state index in [9.17, 15) is 0 Å². The van der Waals surface area contributed by atoms with Crippen molar-refractivity contribution in [1.82, 2.24) is 15.6 Å². The second kappa shape index (κ2) is 12.1. The van der Waals surface area contributed by atoms with Crippen LogP contribution in [0.15, 0.2) is 58.1 Å². The molecule has 0 aliphatic heterocycles. The number of benzene rings is 1. The Kier molecular flexibility index (Phi) is 10.5. The first-order chi connectivity index (χ1) is 11.7. The van der Waals surface area contributed by atoms with Crippen LogP contribution in [0.5, 0.6) is 5.75 Å².